The molecule has 0 saturated heterocycles. The number of pyridine rings is 2. The minimum atomic E-state index is -0.561. The number of benzene rings is 2. The third-order valence-corrected chi connectivity index (χ3v) is 6.43. The first-order valence-corrected chi connectivity index (χ1v) is 11.1. The SMILES string of the molecule is Cc1nnc2n(-c3ccc(C(C)(C)C#N)cc3)c3c4cc(-c5ccncc5)ccc4ncc3n12. The zero-order valence-electron chi connectivity index (χ0n) is 19.1. The fraction of sp³-hybridized carbons (Fsp3) is 0.148. The number of aromatic nitrogens is 6. The summed E-state index contributed by atoms with van der Waals surface area (Å²) in [6.45, 7) is 5.79. The molecule has 0 aliphatic heterocycles. The van der Waals surface area contributed by atoms with Gasteiger partial charge in [-0.3, -0.25) is 18.9 Å². The summed E-state index contributed by atoms with van der Waals surface area (Å²) in [7, 11) is 0. The van der Waals surface area contributed by atoms with Gasteiger partial charge >= 0.3 is 0 Å². The van der Waals surface area contributed by atoms with E-state index in [1.807, 2.05) is 73.8 Å². The smallest absolute Gasteiger partial charge is 0.241 e. The molecule has 7 heteroatoms. The van der Waals surface area contributed by atoms with Crippen molar-refractivity contribution in [1.82, 2.24) is 29.1 Å². The van der Waals surface area contributed by atoms with Crippen molar-refractivity contribution in [1.29, 1.82) is 5.26 Å². The lowest BCUT2D eigenvalue weighted by Crippen LogP contribution is -2.13. The van der Waals surface area contributed by atoms with Gasteiger partial charge in [-0.05, 0) is 73.9 Å². The lowest BCUT2D eigenvalue weighted by molar-refractivity contribution is 0.687. The van der Waals surface area contributed by atoms with Crippen molar-refractivity contribution in [2.45, 2.75) is 26.2 Å². The van der Waals surface area contributed by atoms with Gasteiger partial charge in [0.2, 0.25) is 5.78 Å². The first-order chi connectivity index (χ1) is 16.5. The lowest BCUT2D eigenvalue weighted by Gasteiger charge is -2.16. The molecule has 2 aromatic carbocycles. The van der Waals surface area contributed by atoms with Gasteiger partial charge in [-0.15, -0.1) is 10.2 Å². The molecule has 4 aromatic heterocycles. The maximum absolute atomic E-state index is 9.54. The zero-order chi connectivity index (χ0) is 23.4. The van der Waals surface area contributed by atoms with Crippen LogP contribution in [0.15, 0.2) is 73.2 Å². The molecule has 4 heterocycles. The molecular formula is C27H21N7. The summed E-state index contributed by atoms with van der Waals surface area (Å²) in [5, 5.41) is 19.4. The third kappa shape index (κ3) is 2.89. The Morgan fingerprint density at radius 3 is 2.41 bits per heavy atom. The summed E-state index contributed by atoms with van der Waals surface area (Å²) < 4.78 is 4.16. The van der Waals surface area contributed by atoms with Crippen molar-refractivity contribution in [2.75, 3.05) is 0 Å². The van der Waals surface area contributed by atoms with Gasteiger partial charge in [-0.25, -0.2) is 0 Å². The monoisotopic (exact) mass is 443 g/mol. The standard InChI is InChI=1S/C27H21N7/c1-17-31-32-26-33(17)24-15-30-23-9-4-19(18-10-12-29-13-11-18)14-22(23)25(24)34(26)21-7-5-20(6-8-21)27(2,3)16-28/h4-15H,1-3H3. The van der Waals surface area contributed by atoms with Gasteiger partial charge < -0.3 is 0 Å². The molecule has 0 aliphatic rings. The number of nitriles is 1. The fourth-order valence-electron chi connectivity index (χ4n) is 4.50. The molecule has 0 saturated carbocycles. The second kappa shape index (κ2) is 7.22. The highest BCUT2D eigenvalue weighted by Crippen LogP contribution is 2.33. The van der Waals surface area contributed by atoms with Crippen molar-refractivity contribution in [2.24, 2.45) is 0 Å². The Hall–Kier alpha value is -4.57. The molecule has 0 unspecified atom stereocenters. The molecule has 0 N–H and O–H groups in total. The van der Waals surface area contributed by atoms with Crippen LogP contribution < -0.4 is 0 Å². The van der Waals surface area contributed by atoms with E-state index in [0.29, 0.717) is 0 Å². The third-order valence-electron chi connectivity index (χ3n) is 6.43. The second-order valence-corrected chi connectivity index (χ2v) is 8.96. The summed E-state index contributed by atoms with van der Waals surface area (Å²) in [6.07, 6.45) is 5.49. The summed E-state index contributed by atoms with van der Waals surface area (Å²) in [5.74, 6) is 1.52. The molecule has 0 fully saturated rings. The molecule has 7 nitrogen and oxygen atoms in total. The number of aryl methyl sites for hydroxylation is 1. The average Bonchev–Trinajstić information content (AvgIpc) is 3.42. The predicted molar refractivity (Wildman–Crippen MR) is 132 cm³/mol. The number of imidazole rings is 1. The Morgan fingerprint density at radius 1 is 0.912 bits per heavy atom. The molecule has 6 aromatic rings. The van der Waals surface area contributed by atoms with Crippen molar-refractivity contribution in [3.63, 3.8) is 0 Å². The maximum atomic E-state index is 9.54. The van der Waals surface area contributed by atoms with Crippen LogP contribution >= 0.6 is 0 Å². The molecule has 0 atom stereocenters. The Kier molecular flexibility index (Phi) is 4.26. The van der Waals surface area contributed by atoms with Crippen LogP contribution in [0, 0.1) is 18.3 Å². The Bertz CT molecular complexity index is 1730. The van der Waals surface area contributed by atoms with Crippen LogP contribution in [0.2, 0.25) is 0 Å². The van der Waals surface area contributed by atoms with Crippen LogP contribution in [0.4, 0.5) is 0 Å². The Labute approximate surface area is 196 Å². The van der Waals surface area contributed by atoms with Gasteiger partial charge in [0.05, 0.1) is 34.2 Å². The van der Waals surface area contributed by atoms with Crippen molar-refractivity contribution in [3.05, 3.63) is 84.6 Å². The first-order valence-electron chi connectivity index (χ1n) is 11.1. The quantitative estimate of drug-likeness (QED) is 0.366. The molecule has 34 heavy (non-hydrogen) atoms. The van der Waals surface area contributed by atoms with Crippen LogP contribution in [0.1, 0.15) is 25.2 Å². The zero-order valence-corrected chi connectivity index (χ0v) is 19.1. The topological polar surface area (TPSA) is 84.7 Å². The number of hydrogen-bond donors (Lipinski definition) is 0. The molecule has 6 rings (SSSR count). The molecule has 0 aliphatic carbocycles. The predicted octanol–water partition coefficient (Wildman–Crippen LogP) is 5.39. The Balaban J connectivity index is 1.68. The van der Waals surface area contributed by atoms with E-state index in [-0.39, 0.29) is 0 Å². The lowest BCUT2D eigenvalue weighted by atomic mass is 9.86. The highest BCUT2D eigenvalue weighted by atomic mass is 15.3. The Morgan fingerprint density at radius 2 is 1.68 bits per heavy atom. The number of rotatable bonds is 3. The van der Waals surface area contributed by atoms with Crippen LogP contribution in [-0.2, 0) is 5.41 Å². The number of fused-ring (bicyclic) bond motifs is 5. The number of hydrogen-bond acceptors (Lipinski definition) is 5. The van der Waals surface area contributed by atoms with Gasteiger partial charge in [0.15, 0.2) is 0 Å². The summed E-state index contributed by atoms with van der Waals surface area (Å²) >= 11 is 0. The highest BCUT2D eigenvalue weighted by Gasteiger charge is 2.22. The van der Waals surface area contributed by atoms with E-state index in [1.165, 1.54) is 0 Å². The van der Waals surface area contributed by atoms with E-state index in [1.54, 1.807) is 12.4 Å². The normalized spacial score (nSPS) is 11.9. The van der Waals surface area contributed by atoms with Gasteiger partial charge in [0.1, 0.15) is 5.82 Å². The average molecular weight is 444 g/mol. The molecule has 0 spiro atoms. The van der Waals surface area contributed by atoms with Gasteiger partial charge in [0.25, 0.3) is 0 Å². The molecule has 164 valence electrons. The van der Waals surface area contributed by atoms with Crippen LogP contribution in [0.25, 0.3) is 44.5 Å². The second-order valence-electron chi connectivity index (χ2n) is 8.96. The van der Waals surface area contributed by atoms with Gasteiger partial charge in [-0.1, -0.05) is 18.2 Å². The summed E-state index contributed by atoms with van der Waals surface area (Å²) in [4.78, 5) is 8.89. The van der Waals surface area contributed by atoms with E-state index < -0.39 is 5.41 Å². The maximum Gasteiger partial charge on any atom is 0.241 e. The minimum absolute atomic E-state index is 0.561. The van der Waals surface area contributed by atoms with E-state index in [0.717, 1.165) is 55.9 Å². The van der Waals surface area contributed by atoms with Gasteiger partial charge in [-0.2, -0.15) is 5.26 Å². The van der Waals surface area contributed by atoms with Crippen molar-refractivity contribution >= 4 is 27.7 Å². The minimum Gasteiger partial charge on any atom is -0.276 e. The molecule has 0 bridgehead atoms. The van der Waals surface area contributed by atoms with Gasteiger partial charge in [0, 0.05) is 23.5 Å². The summed E-state index contributed by atoms with van der Waals surface area (Å²) in [6, 6.07) is 20.8. The largest absolute Gasteiger partial charge is 0.276 e. The van der Waals surface area contributed by atoms with Crippen LogP contribution in [-0.4, -0.2) is 29.1 Å². The van der Waals surface area contributed by atoms with Crippen molar-refractivity contribution < 1.29 is 0 Å². The van der Waals surface area contributed by atoms with E-state index in [9.17, 15) is 5.26 Å². The first kappa shape index (κ1) is 20.1. The van der Waals surface area contributed by atoms with Crippen molar-refractivity contribution in [3.8, 4) is 22.9 Å². The van der Waals surface area contributed by atoms with E-state index in [2.05, 4.69) is 38.0 Å². The fourth-order valence-corrected chi connectivity index (χ4v) is 4.50. The summed E-state index contributed by atoms with van der Waals surface area (Å²) in [5.41, 5.74) is 6.41. The van der Waals surface area contributed by atoms with E-state index in [4.69, 9.17) is 4.98 Å². The highest BCUT2D eigenvalue weighted by molar-refractivity contribution is 6.06. The van der Waals surface area contributed by atoms with E-state index >= 15 is 0 Å². The van der Waals surface area contributed by atoms with Crippen LogP contribution in [0.5, 0.6) is 0 Å². The van der Waals surface area contributed by atoms with Crippen LogP contribution in [0.3, 0.4) is 0 Å². The number of nitrogens with zero attached hydrogens (tertiary/aromatic N) is 7. The molecule has 0 amide bonds. The molecule has 0 radical (unpaired) electrons. The molecular weight excluding hydrogens is 422 g/mol.